The largest absolute Gasteiger partial charge is 0.485 e. The van der Waals surface area contributed by atoms with Crippen LogP contribution in [0.5, 0.6) is 5.75 Å². The number of carbonyl (C=O) groups is 2. The van der Waals surface area contributed by atoms with Crippen LogP contribution in [0, 0.1) is 13.8 Å². The fourth-order valence-corrected chi connectivity index (χ4v) is 4.68. The molecule has 4 aromatic rings. The smallest absolute Gasteiger partial charge is 0.291 e. The lowest BCUT2D eigenvalue weighted by molar-refractivity contribution is 0.0992. The van der Waals surface area contributed by atoms with Crippen LogP contribution in [0.2, 0.25) is 5.02 Å². The molecule has 34 heavy (non-hydrogen) atoms. The van der Waals surface area contributed by atoms with Gasteiger partial charge in [-0.05, 0) is 61.4 Å². The molecule has 2 amide bonds. The number of halogens is 3. The van der Waals surface area contributed by atoms with Crippen molar-refractivity contribution in [3.05, 3.63) is 74.6 Å². The molecule has 11 heteroatoms. The number of nitrogens with one attached hydrogen (secondary N) is 1. The van der Waals surface area contributed by atoms with Gasteiger partial charge in [-0.1, -0.05) is 11.6 Å². The number of fused-ring (bicyclic) bond motifs is 1. The van der Waals surface area contributed by atoms with Gasteiger partial charge in [-0.2, -0.15) is 0 Å². The van der Waals surface area contributed by atoms with Crippen molar-refractivity contribution >= 4 is 50.7 Å². The Balaban J connectivity index is 1.57. The predicted molar refractivity (Wildman–Crippen MR) is 125 cm³/mol. The van der Waals surface area contributed by atoms with E-state index in [4.69, 9.17) is 26.5 Å². The lowest BCUT2D eigenvalue weighted by Crippen LogP contribution is -2.16. The molecule has 1 aromatic carbocycles. The van der Waals surface area contributed by atoms with Crippen LogP contribution >= 0.6 is 22.9 Å². The number of thiophene rings is 1. The summed E-state index contributed by atoms with van der Waals surface area (Å²) in [6.45, 7) is 3.51. The molecule has 3 heterocycles. The van der Waals surface area contributed by atoms with Crippen molar-refractivity contribution in [2.75, 3.05) is 5.32 Å². The molecule has 0 fully saturated rings. The lowest BCUT2D eigenvalue weighted by Gasteiger charge is -2.08. The van der Waals surface area contributed by atoms with E-state index in [1.165, 1.54) is 12.1 Å². The topological polar surface area (TPSA) is 107 Å². The van der Waals surface area contributed by atoms with Gasteiger partial charge >= 0.3 is 0 Å². The summed E-state index contributed by atoms with van der Waals surface area (Å²) in [5, 5.41) is 3.57. The van der Waals surface area contributed by atoms with Crippen LogP contribution in [0.4, 0.5) is 14.5 Å². The fraction of sp³-hybridized carbons (Fsp3) is 0.174. The zero-order valence-corrected chi connectivity index (χ0v) is 19.5. The number of primary amides is 1. The second kappa shape index (κ2) is 9.40. The van der Waals surface area contributed by atoms with E-state index in [0.29, 0.717) is 27.5 Å². The van der Waals surface area contributed by atoms with Crippen molar-refractivity contribution in [1.29, 1.82) is 0 Å². The number of ether oxygens (including phenoxy) is 1. The number of hydrogen-bond acceptors (Lipinski definition) is 6. The van der Waals surface area contributed by atoms with Gasteiger partial charge in [0.1, 0.15) is 33.5 Å². The molecule has 0 spiro atoms. The minimum atomic E-state index is -2.78. The Labute approximate surface area is 201 Å². The number of nitrogens with two attached hydrogens (primary N) is 1. The van der Waals surface area contributed by atoms with E-state index in [0.717, 1.165) is 16.9 Å². The fourth-order valence-electron chi connectivity index (χ4n) is 3.39. The Morgan fingerprint density at radius 1 is 1.21 bits per heavy atom. The zero-order chi connectivity index (χ0) is 24.6. The van der Waals surface area contributed by atoms with Crippen LogP contribution in [-0.4, -0.2) is 16.8 Å². The second-order valence-corrected chi connectivity index (χ2v) is 8.87. The van der Waals surface area contributed by atoms with Crippen molar-refractivity contribution < 1.29 is 27.5 Å². The Morgan fingerprint density at radius 3 is 2.65 bits per heavy atom. The van der Waals surface area contributed by atoms with Gasteiger partial charge in [-0.3, -0.25) is 9.59 Å². The first-order valence-corrected chi connectivity index (χ1v) is 11.1. The highest BCUT2D eigenvalue weighted by molar-refractivity contribution is 7.21. The maximum atomic E-state index is 13.1. The van der Waals surface area contributed by atoms with Gasteiger partial charge in [-0.15, -0.1) is 11.3 Å². The third kappa shape index (κ3) is 4.73. The van der Waals surface area contributed by atoms with Crippen LogP contribution in [0.25, 0.3) is 10.2 Å². The number of benzene rings is 1. The number of furan rings is 1. The second-order valence-electron chi connectivity index (χ2n) is 7.43. The van der Waals surface area contributed by atoms with Gasteiger partial charge in [0.25, 0.3) is 18.2 Å². The number of aromatic nitrogens is 1. The van der Waals surface area contributed by atoms with Crippen molar-refractivity contribution in [3.8, 4) is 5.75 Å². The molecular weight excluding hydrogens is 488 g/mol. The van der Waals surface area contributed by atoms with E-state index < -0.39 is 23.9 Å². The molecule has 3 aromatic heterocycles. The third-order valence-electron chi connectivity index (χ3n) is 4.96. The van der Waals surface area contributed by atoms with E-state index in [1.54, 1.807) is 31.2 Å². The van der Waals surface area contributed by atoms with E-state index in [9.17, 15) is 18.4 Å². The number of alkyl halides is 2. The van der Waals surface area contributed by atoms with Crippen LogP contribution in [0.1, 0.15) is 49.2 Å². The molecule has 0 aliphatic heterocycles. The Bertz CT molecular complexity index is 1420. The number of aryl methyl sites for hydroxylation is 2. The zero-order valence-electron chi connectivity index (χ0n) is 17.9. The predicted octanol–water partition coefficient (Wildman–Crippen LogP) is 6.03. The molecule has 0 radical (unpaired) electrons. The average molecular weight is 506 g/mol. The maximum Gasteiger partial charge on any atom is 0.291 e. The number of carbonyl (C=O) groups excluding carboxylic acids is 2. The van der Waals surface area contributed by atoms with Crippen molar-refractivity contribution in [2.24, 2.45) is 5.73 Å². The van der Waals surface area contributed by atoms with Crippen molar-refractivity contribution in [3.63, 3.8) is 0 Å². The highest BCUT2D eigenvalue weighted by atomic mass is 35.5. The van der Waals surface area contributed by atoms with Gasteiger partial charge in [0.05, 0.1) is 5.69 Å². The van der Waals surface area contributed by atoms with Crippen molar-refractivity contribution in [1.82, 2.24) is 4.98 Å². The Hall–Kier alpha value is -3.50. The molecule has 4 rings (SSSR count). The number of nitrogens with zero attached hydrogens (tertiary/aromatic N) is 1. The van der Waals surface area contributed by atoms with Crippen molar-refractivity contribution in [2.45, 2.75) is 26.9 Å². The first-order valence-electron chi connectivity index (χ1n) is 9.95. The lowest BCUT2D eigenvalue weighted by atomic mass is 10.1. The monoisotopic (exact) mass is 505 g/mol. The van der Waals surface area contributed by atoms with Gasteiger partial charge in [-0.25, -0.2) is 13.8 Å². The summed E-state index contributed by atoms with van der Waals surface area (Å²) in [6.07, 6.45) is -2.78. The SMILES string of the molecule is Cc1cc(Cl)ccc1OCc1ccc(C(=O)Nc2c(C(N)=O)sc3nc(C(F)F)cc(C)c23)o1. The van der Waals surface area contributed by atoms with E-state index in [2.05, 4.69) is 10.3 Å². The number of anilines is 1. The summed E-state index contributed by atoms with van der Waals surface area (Å²) in [5.74, 6) is -0.481. The minimum absolute atomic E-state index is 0.00121. The number of pyridine rings is 1. The molecular formula is C23H18ClF2N3O4S. The highest BCUT2D eigenvalue weighted by Crippen LogP contribution is 2.38. The van der Waals surface area contributed by atoms with E-state index in [-0.39, 0.29) is 27.8 Å². The Kier molecular flexibility index (Phi) is 6.54. The first-order chi connectivity index (χ1) is 16.1. The normalized spacial score (nSPS) is 11.2. The molecule has 0 aliphatic rings. The minimum Gasteiger partial charge on any atom is -0.485 e. The number of amides is 2. The van der Waals surface area contributed by atoms with Crippen LogP contribution in [-0.2, 0) is 6.61 Å². The van der Waals surface area contributed by atoms with E-state index in [1.807, 2.05) is 6.92 Å². The number of hydrogen-bond donors (Lipinski definition) is 2. The summed E-state index contributed by atoms with van der Waals surface area (Å²) < 4.78 is 37.6. The van der Waals surface area contributed by atoms with Gasteiger partial charge < -0.3 is 20.2 Å². The van der Waals surface area contributed by atoms with Gasteiger partial charge in [0.2, 0.25) is 0 Å². The van der Waals surface area contributed by atoms with Crippen LogP contribution in [0.15, 0.2) is 40.8 Å². The molecule has 7 nitrogen and oxygen atoms in total. The quantitative estimate of drug-likeness (QED) is 0.319. The molecule has 0 unspecified atom stereocenters. The van der Waals surface area contributed by atoms with E-state index >= 15 is 0 Å². The summed E-state index contributed by atoms with van der Waals surface area (Å²) in [6, 6.07) is 9.45. The molecule has 0 atom stereocenters. The summed E-state index contributed by atoms with van der Waals surface area (Å²) >= 11 is 6.78. The molecule has 0 bridgehead atoms. The van der Waals surface area contributed by atoms with Crippen LogP contribution in [0.3, 0.4) is 0 Å². The number of rotatable bonds is 7. The standard InChI is InChI=1S/C23H18ClF2N3O4S/c1-10-7-12(24)3-5-15(10)32-9-13-4-6-16(33-13)22(31)29-18-17-11(2)8-14(20(25)26)28-23(17)34-19(18)21(27)30/h3-8,20H,9H2,1-2H3,(H2,27,30)(H,29,31). The summed E-state index contributed by atoms with van der Waals surface area (Å²) in [4.78, 5) is 28.9. The molecule has 0 aliphatic carbocycles. The third-order valence-corrected chi connectivity index (χ3v) is 6.29. The van der Waals surface area contributed by atoms with Gasteiger partial charge in [0.15, 0.2) is 5.76 Å². The summed E-state index contributed by atoms with van der Waals surface area (Å²) in [5.41, 5.74) is 6.41. The first kappa shape index (κ1) is 23.7. The molecule has 0 saturated heterocycles. The highest BCUT2D eigenvalue weighted by Gasteiger charge is 2.24. The molecule has 3 N–H and O–H groups in total. The maximum absolute atomic E-state index is 13.1. The molecule has 176 valence electrons. The Morgan fingerprint density at radius 2 is 1.97 bits per heavy atom. The average Bonchev–Trinajstić information content (AvgIpc) is 3.38. The molecule has 0 saturated carbocycles. The van der Waals surface area contributed by atoms with Crippen LogP contribution < -0.4 is 15.8 Å². The summed E-state index contributed by atoms with van der Waals surface area (Å²) in [7, 11) is 0. The van der Waals surface area contributed by atoms with Gasteiger partial charge in [0, 0.05) is 10.4 Å².